The maximum atomic E-state index is 9.73. The Morgan fingerprint density at radius 3 is 1.77 bits per heavy atom. The molecule has 0 amide bonds. The van der Waals surface area contributed by atoms with Gasteiger partial charge in [0.2, 0.25) is 0 Å². The van der Waals surface area contributed by atoms with Crippen molar-refractivity contribution in [1.82, 2.24) is 0 Å². The first-order valence-corrected chi connectivity index (χ1v) is 8.85. The lowest BCUT2D eigenvalue weighted by molar-refractivity contribution is 0.476. The van der Waals surface area contributed by atoms with Gasteiger partial charge in [-0.15, -0.1) is 0 Å². The van der Waals surface area contributed by atoms with Crippen molar-refractivity contribution in [2.75, 3.05) is 0 Å². The molecule has 1 N–H and O–H groups in total. The summed E-state index contributed by atoms with van der Waals surface area (Å²) in [6.07, 6.45) is 0. The molecule has 1 nitrogen and oxygen atoms in total. The van der Waals surface area contributed by atoms with E-state index in [1.54, 1.807) is 6.07 Å². The highest BCUT2D eigenvalue weighted by Crippen LogP contribution is 2.39. The number of aryl methyl sites for hydroxylation is 1. The second-order valence-electron chi connectivity index (χ2n) is 6.84. The van der Waals surface area contributed by atoms with Crippen molar-refractivity contribution in [3.8, 4) is 16.9 Å². The largest absolute Gasteiger partial charge is 0.508 e. The van der Waals surface area contributed by atoms with E-state index in [0.717, 1.165) is 10.8 Å². The van der Waals surface area contributed by atoms with Crippen LogP contribution in [0.25, 0.3) is 43.4 Å². The maximum absolute atomic E-state index is 9.73. The molecule has 0 aliphatic carbocycles. The zero-order valence-electron chi connectivity index (χ0n) is 14.5. The summed E-state index contributed by atoms with van der Waals surface area (Å²) in [7, 11) is 0. The molecule has 0 atom stereocenters. The van der Waals surface area contributed by atoms with Gasteiger partial charge in [-0.2, -0.15) is 0 Å². The number of fused-ring (bicyclic) bond motifs is 3. The molecule has 124 valence electrons. The minimum Gasteiger partial charge on any atom is -0.508 e. The molecule has 0 spiro atoms. The molecule has 5 rings (SSSR count). The van der Waals surface area contributed by atoms with E-state index >= 15 is 0 Å². The van der Waals surface area contributed by atoms with Crippen molar-refractivity contribution in [2.24, 2.45) is 0 Å². The smallest absolute Gasteiger partial charge is 0.116 e. The van der Waals surface area contributed by atoms with Crippen molar-refractivity contribution in [3.05, 3.63) is 90.5 Å². The van der Waals surface area contributed by atoms with Gasteiger partial charge in [0.05, 0.1) is 0 Å². The van der Waals surface area contributed by atoms with Crippen molar-refractivity contribution in [3.63, 3.8) is 0 Å². The first-order valence-electron chi connectivity index (χ1n) is 8.85. The average molecular weight is 334 g/mol. The summed E-state index contributed by atoms with van der Waals surface area (Å²) in [5.41, 5.74) is 3.80. The lowest BCUT2D eigenvalue weighted by atomic mass is 9.88. The van der Waals surface area contributed by atoms with Crippen LogP contribution in [-0.4, -0.2) is 5.11 Å². The van der Waals surface area contributed by atoms with E-state index in [0.29, 0.717) is 5.75 Å². The zero-order chi connectivity index (χ0) is 17.7. The van der Waals surface area contributed by atoms with E-state index in [2.05, 4.69) is 73.7 Å². The zero-order valence-corrected chi connectivity index (χ0v) is 14.5. The fourth-order valence-electron chi connectivity index (χ4n) is 4.05. The molecular weight excluding hydrogens is 316 g/mol. The van der Waals surface area contributed by atoms with Gasteiger partial charge >= 0.3 is 0 Å². The Labute approximate surface area is 152 Å². The molecule has 0 aliphatic rings. The monoisotopic (exact) mass is 334 g/mol. The first kappa shape index (κ1) is 15.0. The summed E-state index contributed by atoms with van der Waals surface area (Å²) >= 11 is 0. The van der Waals surface area contributed by atoms with E-state index in [9.17, 15) is 5.11 Å². The Bertz CT molecular complexity index is 1240. The molecule has 0 unspecified atom stereocenters. The lowest BCUT2D eigenvalue weighted by Gasteiger charge is -2.15. The average Bonchev–Trinajstić information content (AvgIpc) is 2.68. The molecule has 0 bridgehead atoms. The molecule has 5 aromatic rings. The Morgan fingerprint density at radius 2 is 1.12 bits per heavy atom. The molecule has 0 radical (unpaired) electrons. The van der Waals surface area contributed by atoms with Gasteiger partial charge in [0, 0.05) is 0 Å². The third-order valence-corrected chi connectivity index (χ3v) is 5.31. The van der Waals surface area contributed by atoms with E-state index in [1.807, 2.05) is 12.1 Å². The van der Waals surface area contributed by atoms with Crippen molar-refractivity contribution < 1.29 is 5.11 Å². The van der Waals surface area contributed by atoms with E-state index in [4.69, 9.17) is 0 Å². The summed E-state index contributed by atoms with van der Waals surface area (Å²) in [6.45, 7) is 2.21. The van der Waals surface area contributed by atoms with Crippen LogP contribution in [0.4, 0.5) is 0 Å². The minimum absolute atomic E-state index is 0.302. The van der Waals surface area contributed by atoms with Gasteiger partial charge in [0.25, 0.3) is 0 Å². The van der Waals surface area contributed by atoms with E-state index in [-0.39, 0.29) is 0 Å². The van der Waals surface area contributed by atoms with Gasteiger partial charge in [-0.05, 0) is 74.1 Å². The number of aromatic hydroxyl groups is 1. The second-order valence-corrected chi connectivity index (χ2v) is 6.84. The van der Waals surface area contributed by atoms with Gasteiger partial charge in [-0.1, -0.05) is 66.7 Å². The lowest BCUT2D eigenvalue weighted by Crippen LogP contribution is -1.89. The van der Waals surface area contributed by atoms with Crippen LogP contribution in [0, 0.1) is 6.92 Å². The van der Waals surface area contributed by atoms with Crippen LogP contribution in [0.2, 0.25) is 0 Å². The molecule has 0 fully saturated rings. The second kappa shape index (κ2) is 5.60. The Kier molecular flexibility index (Phi) is 3.23. The Hall–Kier alpha value is -3.32. The van der Waals surface area contributed by atoms with Crippen molar-refractivity contribution in [2.45, 2.75) is 6.92 Å². The maximum Gasteiger partial charge on any atom is 0.116 e. The fourth-order valence-corrected chi connectivity index (χ4v) is 4.05. The fraction of sp³-hybridized carbons (Fsp3) is 0.0400. The van der Waals surface area contributed by atoms with Crippen molar-refractivity contribution in [1.29, 1.82) is 0 Å². The van der Waals surface area contributed by atoms with Gasteiger partial charge in [0.15, 0.2) is 0 Å². The highest BCUT2D eigenvalue weighted by Gasteiger charge is 2.13. The number of phenols is 1. The standard InChI is InChI=1S/C25H18O/c1-16-21-6-2-4-8-23(21)25(24-9-5-3-7-22(16)24)19-11-10-18-15-20(26)13-12-17(18)14-19/h2-15,26H,1H3. The summed E-state index contributed by atoms with van der Waals surface area (Å²) in [6, 6.07) is 29.3. The molecule has 5 aromatic carbocycles. The summed E-state index contributed by atoms with van der Waals surface area (Å²) in [4.78, 5) is 0. The quantitative estimate of drug-likeness (QED) is 0.333. The van der Waals surface area contributed by atoms with Crippen LogP contribution in [0.5, 0.6) is 5.75 Å². The summed E-state index contributed by atoms with van der Waals surface area (Å²) < 4.78 is 0. The third-order valence-electron chi connectivity index (χ3n) is 5.31. The van der Waals surface area contributed by atoms with Crippen LogP contribution >= 0.6 is 0 Å². The molecule has 0 aromatic heterocycles. The third kappa shape index (κ3) is 2.18. The molecule has 1 heteroatoms. The van der Waals surface area contributed by atoms with E-state index in [1.165, 1.54) is 38.2 Å². The van der Waals surface area contributed by atoms with Crippen LogP contribution < -0.4 is 0 Å². The highest BCUT2D eigenvalue weighted by atomic mass is 16.3. The summed E-state index contributed by atoms with van der Waals surface area (Å²) in [5, 5.41) is 17.1. The van der Waals surface area contributed by atoms with Crippen LogP contribution in [-0.2, 0) is 0 Å². The predicted octanol–water partition coefficient (Wildman–Crippen LogP) is 6.83. The number of hydrogen-bond donors (Lipinski definition) is 1. The number of benzene rings is 5. The topological polar surface area (TPSA) is 20.2 Å². The van der Waals surface area contributed by atoms with Crippen LogP contribution in [0.15, 0.2) is 84.9 Å². The number of rotatable bonds is 1. The van der Waals surface area contributed by atoms with E-state index < -0.39 is 0 Å². The predicted molar refractivity (Wildman–Crippen MR) is 111 cm³/mol. The SMILES string of the molecule is Cc1c2ccccc2c(-c2ccc3cc(O)ccc3c2)c2ccccc12. The van der Waals surface area contributed by atoms with Crippen molar-refractivity contribution >= 4 is 32.3 Å². The van der Waals surface area contributed by atoms with Gasteiger partial charge in [-0.25, -0.2) is 0 Å². The normalized spacial score (nSPS) is 11.4. The van der Waals surface area contributed by atoms with Gasteiger partial charge < -0.3 is 5.11 Å². The molecular formula is C25H18O. The van der Waals surface area contributed by atoms with Crippen LogP contribution in [0.1, 0.15) is 5.56 Å². The number of hydrogen-bond acceptors (Lipinski definition) is 1. The summed E-state index contributed by atoms with van der Waals surface area (Å²) in [5.74, 6) is 0.302. The Balaban J connectivity index is 1.93. The van der Waals surface area contributed by atoms with Crippen LogP contribution in [0.3, 0.4) is 0 Å². The molecule has 0 saturated heterocycles. The molecule has 0 aliphatic heterocycles. The minimum atomic E-state index is 0.302. The Morgan fingerprint density at radius 1 is 0.577 bits per heavy atom. The first-order chi connectivity index (χ1) is 12.7. The number of phenolic OH excluding ortho intramolecular Hbond substituents is 1. The van der Waals surface area contributed by atoms with Gasteiger partial charge in [-0.3, -0.25) is 0 Å². The molecule has 0 heterocycles. The molecule has 0 saturated carbocycles. The molecule has 26 heavy (non-hydrogen) atoms. The van der Waals surface area contributed by atoms with Gasteiger partial charge in [0.1, 0.15) is 5.75 Å². The highest BCUT2D eigenvalue weighted by molar-refractivity contribution is 6.15.